The predicted molar refractivity (Wildman–Crippen MR) is 140 cm³/mol. The first-order valence-electron chi connectivity index (χ1n) is 12.0. The number of nitrogens with two attached hydrogens (primary N) is 1. The summed E-state index contributed by atoms with van der Waals surface area (Å²) >= 11 is 6.11. The molecule has 0 aromatic heterocycles. The van der Waals surface area contributed by atoms with Crippen molar-refractivity contribution in [2.24, 2.45) is 5.41 Å². The fourth-order valence-electron chi connectivity index (χ4n) is 3.58. The minimum atomic E-state index is -0.605. The number of quaternary nitrogens is 1. The summed E-state index contributed by atoms with van der Waals surface area (Å²) in [6, 6.07) is 14.0. The molecule has 1 heterocycles. The van der Waals surface area contributed by atoms with E-state index in [1.807, 2.05) is 44.2 Å². The Balaban J connectivity index is 1.60. The molecule has 1 saturated heterocycles. The number of allylic oxidation sites excluding steroid dienone is 1. The van der Waals surface area contributed by atoms with Gasteiger partial charge in [-0.05, 0) is 42.7 Å². The minimum absolute atomic E-state index is 0.0741. The Kier molecular flexibility index (Phi) is 9.68. The van der Waals surface area contributed by atoms with Crippen molar-refractivity contribution in [3.05, 3.63) is 70.5 Å². The summed E-state index contributed by atoms with van der Waals surface area (Å²) in [6.07, 6.45) is -0.0249. The first-order chi connectivity index (χ1) is 17.6. The molecule has 10 heteroatoms. The fraction of sp³-hybridized carbons (Fsp3) is 0.370. The van der Waals surface area contributed by atoms with Gasteiger partial charge in [0.25, 0.3) is 5.91 Å². The second kappa shape index (κ2) is 12.7. The number of ether oxygens (including phenoxy) is 2. The Labute approximate surface area is 221 Å². The van der Waals surface area contributed by atoms with Crippen LogP contribution in [-0.2, 0) is 14.3 Å². The van der Waals surface area contributed by atoms with E-state index >= 15 is 0 Å². The highest BCUT2D eigenvalue weighted by Gasteiger charge is 2.28. The quantitative estimate of drug-likeness (QED) is 0.261. The van der Waals surface area contributed by atoms with Gasteiger partial charge in [-0.25, -0.2) is 10.1 Å². The van der Waals surface area contributed by atoms with Gasteiger partial charge in [-0.3, -0.25) is 9.59 Å². The van der Waals surface area contributed by atoms with Crippen LogP contribution in [0.4, 0.5) is 5.69 Å². The summed E-state index contributed by atoms with van der Waals surface area (Å²) in [5, 5.41) is 10.4. The van der Waals surface area contributed by atoms with Gasteiger partial charge in [0.05, 0.1) is 18.8 Å². The Bertz CT molecular complexity index is 1160. The molecule has 5 N–H and O–H groups in total. The van der Waals surface area contributed by atoms with Crippen LogP contribution in [0.3, 0.4) is 0 Å². The number of rotatable bonds is 11. The van der Waals surface area contributed by atoms with Crippen molar-refractivity contribution in [2.75, 3.05) is 26.8 Å². The van der Waals surface area contributed by atoms with Crippen molar-refractivity contribution in [3.8, 4) is 5.75 Å². The standard InChI is InChI=1S/C27H33ClN4O5/c1-17(29-4)24(26(35)31-19-8-6-5-7-9-19)32-23(33)13-27(2,3)16-30-25(34)21-12-18(28)10-11-22(21)37-20-14-36-15-20/h5-12,20,29H,13-16H2,1-4H3,(H,30,34)(H,31,35)(H,32,33)/p+1/b24-17+. The summed E-state index contributed by atoms with van der Waals surface area (Å²) in [5.41, 5.74) is 1.17. The van der Waals surface area contributed by atoms with Crippen LogP contribution in [0.2, 0.25) is 5.02 Å². The number of para-hydroxylation sites is 1. The van der Waals surface area contributed by atoms with Crippen molar-refractivity contribution in [1.82, 2.24) is 16.0 Å². The number of hydrogen-bond donors (Lipinski definition) is 4. The van der Waals surface area contributed by atoms with E-state index in [1.165, 1.54) is 5.32 Å². The molecule has 0 aliphatic carbocycles. The molecule has 37 heavy (non-hydrogen) atoms. The lowest BCUT2D eigenvalue weighted by atomic mass is 9.88. The summed E-state index contributed by atoms with van der Waals surface area (Å²) in [6.45, 7) is 6.60. The lowest BCUT2D eigenvalue weighted by molar-refractivity contribution is -0.479. The van der Waals surface area contributed by atoms with Crippen LogP contribution in [0, 0.1) is 5.41 Å². The minimum Gasteiger partial charge on any atom is -0.485 e. The molecule has 1 fully saturated rings. The summed E-state index contributed by atoms with van der Waals surface area (Å²) in [5.74, 6) is -0.583. The molecular weight excluding hydrogens is 496 g/mol. The van der Waals surface area contributed by atoms with Crippen molar-refractivity contribution in [1.29, 1.82) is 0 Å². The molecule has 9 nitrogen and oxygen atoms in total. The zero-order chi connectivity index (χ0) is 27.0. The van der Waals surface area contributed by atoms with Crippen LogP contribution in [0.5, 0.6) is 5.75 Å². The SMILES string of the molecule is CN/C(C)=C(/NC(=O)CC(C)(C)CNC(=O)c1cc(Cl)ccc1OC1COC1)C(=O)[NH2+]c1ccccc1. The van der Waals surface area contributed by atoms with Crippen LogP contribution in [0.15, 0.2) is 59.9 Å². The zero-order valence-corrected chi connectivity index (χ0v) is 22.3. The smallest absolute Gasteiger partial charge is 0.365 e. The average molecular weight is 530 g/mol. The molecular formula is C27H34ClN4O5+. The maximum Gasteiger partial charge on any atom is 0.365 e. The lowest BCUT2D eigenvalue weighted by Gasteiger charge is -2.28. The number of primary amides is 1. The third kappa shape index (κ3) is 8.31. The second-order valence-corrected chi connectivity index (χ2v) is 10.1. The van der Waals surface area contributed by atoms with Crippen LogP contribution in [-0.4, -0.2) is 50.6 Å². The first kappa shape index (κ1) is 28.2. The van der Waals surface area contributed by atoms with Crippen LogP contribution < -0.4 is 26.0 Å². The van der Waals surface area contributed by atoms with Crippen LogP contribution in [0.25, 0.3) is 0 Å². The van der Waals surface area contributed by atoms with Crippen molar-refractivity contribution < 1.29 is 29.2 Å². The van der Waals surface area contributed by atoms with Crippen molar-refractivity contribution in [2.45, 2.75) is 33.3 Å². The number of hydrogen-bond acceptors (Lipinski definition) is 6. The second-order valence-electron chi connectivity index (χ2n) is 9.66. The molecule has 0 bridgehead atoms. The number of carbonyl (C=O) groups excluding carboxylic acids is 3. The molecule has 1 aliphatic heterocycles. The molecule has 0 atom stereocenters. The Morgan fingerprint density at radius 3 is 2.46 bits per heavy atom. The van der Waals surface area contributed by atoms with E-state index in [0.29, 0.717) is 35.2 Å². The highest BCUT2D eigenvalue weighted by Crippen LogP contribution is 2.26. The Morgan fingerprint density at radius 1 is 1.14 bits per heavy atom. The van der Waals surface area contributed by atoms with Gasteiger partial charge in [-0.15, -0.1) is 0 Å². The maximum atomic E-state index is 13.0. The van der Waals surface area contributed by atoms with E-state index in [9.17, 15) is 14.4 Å². The van der Waals surface area contributed by atoms with E-state index in [1.54, 1.807) is 32.2 Å². The van der Waals surface area contributed by atoms with E-state index in [0.717, 1.165) is 5.69 Å². The number of carbonyl (C=O) groups is 3. The van der Waals surface area contributed by atoms with Crippen molar-refractivity contribution in [3.63, 3.8) is 0 Å². The number of nitrogens with one attached hydrogen (secondary N) is 3. The van der Waals surface area contributed by atoms with Crippen LogP contribution in [0.1, 0.15) is 37.6 Å². The summed E-state index contributed by atoms with van der Waals surface area (Å²) in [7, 11) is 1.68. The monoisotopic (exact) mass is 529 g/mol. The molecule has 0 saturated carbocycles. The fourth-order valence-corrected chi connectivity index (χ4v) is 3.75. The number of amides is 3. The van der Waals surface area contributed by atoms with Gasteiger partial charge in [-0.2, -0.15) is 0 Å². The van der Waals surface area contributed by atoms with Gasteiger partial charge < -0.3 is 25.4 Å². The molecule has 0 radical (unpaired) electrons. The largest absolute Gasteiger partial charge is 0.485 e. The van der Waals surface area contributed by atoms with Crippen molar-refractivity contribution >= 4 is 35.0 Å². The van der Waals surface area contributed by atoms with Gasteiger partial charge in [0, 0.05) is 30.7 Å². The van der Waals surface area contributed by atoms with E-state index in [-0.39, 0.29) is 42.5 Å². The average Bonchev–Trinajstić information content (AvgIpc) is 2.83. The lowest BCUT2D eigenvalue weighted by Crippen LogP contribution is -2.83. The first-order valence-corrected chi connectivity index (χ1v) is 12.4. The van der Waals surface area contributed by atoms with E-state index in [2.05, 4.69) is 16.0 Å². The van der Waals surface area contributed by atoms with E-state index < -0.39 is 5.41 Å². The topological polar surface area (TPSA) is 122 Å². The van der Waals surface area contributed by atoms with Gasteiger partial charge in [0.1, 0.15) is 17.5 Å². The highest BCUT2D eigenvalue weighted by atomic mass is 35.5. The summed E-state index contributed by atoms with van der Waals surface area (Å²) < 4.78 is 11.0. The van der Waals surface area contributed by atoms with Crippen LogP contribution >= 0.6 is 11.6 Å². The summed E-state index contributed by atoms with van der Waals surface area (Å²) in [4.78, 5) is 38.8. The van der Waals surface area contributed by atoms with Gasteiger partial charge in [0.2, 0.25) is 5.91 Å². The molecule has 2 aromatic rings. The Hall–Kier alpha value is -3.40. The van der Waals surface area contributed by atoms with E-state index in [4.69, 9.17) is 21.1 Å². The van der Waals surface area contributed by atoms with Gasteiger partial charge >= 0.3 is 5.91 Å². The third-order valence-electron chi connectivity index (χ3n) is 5.81. The molecule has 3 rings (SSSR count). The molecule has 1 aliphatic rings. The van der Waals surface area contributed by atoms with Gasteiger partial charge in [0.15, 0.2) is 5.70 Å². The Morgan fingerprint density at radius 2 is 1.84 bits per heavy atom. The molecule has 0 unspecified atom stereocenters. The van der Waals surface area contributed by atoms with Gasteiger partial charge in [-0.1, -0.05) is 43.6 Å². The zero-order valence-electron chi connectivity index (χ0n) is 21.5. The molecule has 2 aromatic carbocycles. The predicted octanol–water partition coefficient (Wildman–Crippen LogP) is 2.25. The molecule has 0 spiro atoms. The number of benzene rings is 2. The highest BCUT2D eigenvalue weighted by molar-refractivity contribution is 6.31. The molecule has 198 valence electrons. The number of halogens is 1. The normalized spacial score (nSPS) is 14.2. The maximum absolute atomic E-state index is 13.0. The third-order valence-corrected chi connectivity index (χ3v) is 6.05. The molecule has 3 amide bonds.